The van der Waals surface area contributed by atoms with Crippen LogP contribution in [0.3, 0.4) is 0 Å². The fraction of sp³-hybridized carbons (Fsp3) is 0.125. The maximum Gasteiger partial charge on any atom is 0.273 e. The van der Waals surface area contributed by atoms with Crippen LogP contribution in [0.5, 0.6) is 0 Å². The lowest BCUT2D eigenvalue weighted by atomic mass is 10.2. The number of fused-ring (bicyclic) bond motifs is 1. The summed E-state index contributed by atoms with van der Waals surface area (Å²) in [6.45, 7) is 1.85. The van der Waals surface area contributed by atoms with Crippen molar-refractivity contribution in [3.8, 4) is 0 Å². The number of aryl methyl sites for hydroxylation is 1. The van der Waals surface area contributed by atoms with Gasteiger partial charge in [-0.05, 0) is 13.0 Å². The lowest BCUT2D eigenvalue weighted by Gasteiger charge is -1.96. The van der Waals surface area contributed by atoms with Gasteiger partial charge in [-0.3, -0.25) is 9.78 Å². The molecule has 0 atom stereocenters. The normalized spacial score (nSPS) is 10.4. The summed E-state index contributed by atoms with van der Waals surface area (Å²) < 4.78 is 0. The fourth-order valence-electron chi connectivity index (χ4n) is 1.15. The van der Waals surface area contributed by atoms with Crippen LogP contribution in [0.4, 0.5) is 0 Å². The van der Waals surface area contributed by atoms with Crippen molar-refractivity contribution in [2.24, 2.45) is 0 Å². The summed E-state index contributed by atoms with van der Waals surface area (Å²) in [4.78, 5) is 15.0. The van der Waals surface area contributed by atoms with Gasteiger partial charge in [0.1, 0.15) is 0 Å². The van der Waals surface area contributed by atoms with E-state index in [1.165, 1.54) is 0 Å². The molecule has 0 bridgehead atoms. The molecule has 2 aromatic heterocycles. The molecular weight excluding hydrogens is 154 g/mol. The molecule has 0 aliphatic rings. The molecule has 0 aliphatic heterocycles. The lowest BCUT2D eigenvalue weighted by molar-refractivity contribution is 0.968. The van der Waals surface area contributed by atoms with Crippen LogP contribution in [0.15, 0.2) is 23.3 Å². The van der Waals surface area contributed by atoms with Crippen LogP contribution in [0, 0.1) is 6.92 Å². The van der Waals surface area contributed by atoms with E-state index in [-0.39, 0.29) is 5.56 Å². The van der Waals surface area contributed by atoms with Gasteiger partial charge in [-0.2, -0.15) is 5.10 Å². The molecule has 2 rings (SSSR count). The summed E-state index contributed by atoms with van der Waals surface area (Å²) in [7, 11) is 0. The van der Waals surface area contributed by atoms with E-state index < -0.39 is 0 Å². The molecule has 0 amide bonds. The molecule has 0 saturated heterocycles. The average molecular weight is 161 g/mol. The van der Waals surface area contributed by atoms with Crippen molar-refractivity contribution in [1.29, 1.82) is 0 Å². The molecule has 0 fully saturated rings. The van der Waals surface area contributed by atoms with E-state index in [0.29, 0.717) is 5.39 Å². The van der Waals surface area contributed by atoms with Crippen LogP contribution in [-0.2, 0) is 0 Å². The third-order valence-corrected chi connectivity index (χ3v) is 1.78. The molecular formula is C8H7N3O. The number of nitrogens with one attached hydrogen (secondary N) is 1. The van der Waals surface area contributed by atoms with Crippen molar-refractivity contribution in [3.05, 3.63) is 34.5 Å². The molecule has 0 radical (unpaired) electrons. The first-order chi connectivity index (χ1) is 5.79. The smallest absolute Gasteiger partial charge is 0.267 e. The molecule has 0 aliphatic carbocycles. The molecule has 2 heterocycles. The van der Waals surface area contributed by atoms with E-state index in [2.05, 4.69) is 15.2 Å². The van der Waals surface area contributed by atoms with Crippen LogP contribution in [-0.4, -0.2) is 15.2 Å². The van der Waals surface area contributed by atoms with Crippen molar-refractivity contribution >= 4 is 10.8 Å². The molecule has 12 heavy (non-hydrogen) atoms. The number of nitrogens with zero attached hydrogens (tertiary/aromatic N) is 2. The predicted molar refractivity (Wildman–Crippen MR) is 44.9 cm³/mol. The second-order valence-corrected chi connectivity index (χ2v) is 2.56. The minimum Gasteiger partial charge on any atom is -0.267 e. The van der Waals surface area contributed by atoms with E-state index in [1.807, 2.05) is 6.92 Å². The van der Waals surface area contributed by atoms with Crippen molar-refractivity contribution in [2.75, 3.05) is 0 Å². The predicted octanol–water partition coefficient (Wildman–Crippen LogP) is 0.627. The van der Waals surface area contributed by atoms with Crippen molar-refractivity contribution in [1.82, 2.24) is 15.2 Å². The third-order valence-electron chi connectivity index (χ3n) is 1.78. The number of pyridine rings is 1. The van der Waals surface area contributed by atoms with Crippen LogP contribution in [0.2, 0.25) is 0 Å². The standard InChI is InChI=1S/C8H7N3O/c1-5-6-2-3-9-4-7(6)8(12)11-10-5/h2-4H,1H3,(H,11,12). The first-order valence-electron chi connectivity index (χ1n) is 3.58. The summed E-state index contributed by atoms with van der Waals surface area (Å²) >= 11 is 0. The minimum absolute atomic E-state index is 0.191. The maximum absolute atomic E-state index is 11.2. The average Bonchev–Trinajstić information content (AvgIpc) is 2.12. The molecule has 0 spiro atoms. The number of H-pyrrole nitrogens is 1. The van der Waals surface area contributed by atoms with Crippen molar-refractivity contribution in [3.63, 3.8) is 0 Å². The Hall–Kier alpha value is -1.71. The topological polar surface area (TPSA) is 58.6 Å². The van der Waals surface area contributed by atoms with E-state index in [9.17, 15) is 4.79 Å². The second-order valence-electron chi connectivity index (χ2n) is 2.56. The van der Waals surface area contributed by atoms with Gasteiger partial charge >= 0.3 is 0 Å². The van der Waals surface area contributed by atoms with Gasteiger partial charge in [-0.1, -0.05) is 0 Å². The lowest BCUT2D eigenvalue weighted by Crippen LogP contribution is -2.09. The second kappa shape index (κ2) is 2.41. The summed E-state index contributed by atoms with van der Waals surface area (Å²) in [6, 6.07) is 1.78. The first-order valence-corrected chi connectivity index (χ1v) is 3.58. The maximum atomic E-state index is 11.2. The van der Waals surface area contributed by atoms with Crippen LogP contribution >= 0.6 is 0 Å². The highest BCUT2D eigenvalue weighted by Crippen LogP contribution is 2.08. The summed E-state index contributed by atoms with van der Waals surface area (Å²) in [5, 5.41) is 7.68. The zero-order valence-electron chi connectivity index (χ0n) is 6.53. The Kier molecular flexibility index (Phi) is 1.40. The SMILES string of the molecule is Cc1n[nH]c(=O)c2cnccc12. The number of hydrogen-bond donors (Lipinski definition) is 1. The Morgan fingerprint density at radius 3 is 3.00 bits per heavy atom. The largest absolute Gasteiger partial charge is 0.273 e. The van der Waals surface area contributed by atoms with Gasteiger partial charge in [-0.25, -0.2) is 5.10 Å². The molecule has 0 unspecified atom stereocenters. The molecule has 60 valence electrons. The quantitative estimate of drug-likeness (QED) is 0.616. The van der Waals surface area contributed by atoms with Gasteiger partial charge in [-0.15, -0.1) is 0 Å². The van der Waals surface area contributed by atoms with E-state index in [0.717, 1.165) is 11.1 Å². The zero-order chi connectivity index (χ0) is 8.55. The van der Waals surface area contributed by atoms with Gasteiger partial charge in [0.2, 0.25) is 0 Å². The van der Waals surface area contributed by atoms with Gasteiger partial charge in [0.25, 0.3) is 5.56 Å². The Balaban J connectivity index is 3.05. The molecule has 1 N–H and O–H groups in total. The number of aromatic amines is 1. The zero-order valence-corrected chi connectivity index (χ0v) is 6.53. The molecule has 2 aromatic rings. The number of aromatic nitrogens is 3. The Bertz CT molecular complexity index is 475. The summed E-state index contributed by atoms with van der Waals surface area (Å²) in [5.74, 6) is 0. The number of hydrogen-bond acceptors (Lipinski definition) is 3. The van der Waals surface area contributed by atoms with Crippen molar-refractivity contribution in [2.45, 2.75) is 6.92 Å². The Morgan fingerprint density at radius 1 is 1.42 bits per heavy atom. The fourth-order valence-corrected chi connectivity index (χ4v) is 1.15. The van der Waals surface area contributed by atoms with E-state index in [4.69, 9.17) is 0 Å². The highest BCUT2D eigenvalue weighted by Gasteiger charge is 2.00. The van der Waals surface area contributed by atoms with Gasteiger partial charge in [0.05, 0.1) is 11.1 Å². The Labute approximate surface area is 68.3 Å². The third kappa shape index (κ3) is 0.887. The van der Waals surface area contributed by atoms with E-state index >= 15 is 0 Å². The first kappa shape index (κ1) is 6.97. The van der Waals surface area contributed by atoms with Crippen LogP contribution in [0.1, 0.15) is 5.69 Å². The summed E-state index contributed by atoms with van der Waals surface area (Å²) in [6.07, 6.45) is 3.19. The molecule has 4 heteroatoms. The van der Waals surface area contributed by atoms with E-state index in [1.54, 1.807) is 18.5 Å². The molecule has 0 aromatic carbocycles. The van der Waals surface area contributed by atoms with Gasteiger partial charge < -0.3 is 0 Å². The summed E-state index contributed by atoms with van der Waals surface area (Å²) in [5.41, 5.74) is 0.621. The minimum atomic E-state index is -0.191. The van der Waals surface area contributed by atoms with Gasteiger partial charge in [0.15, 0.2) is 0 Å². The molecule has 0 saturated carbocycles. The highest BCUT2D eigenvalue weighted by molar-refractivity contribution is 5.81. The number of rotatable bonds is 0. The monoisotopic (exact) mass is 161 g/mol. The van der Waals surface area contributed by atoms with Crippen LogP contribution in [0.25, 0.3) is 10.8 Å². The molecule has 4 nitrogen and oxygen atoms in total. The Morgan fingerprint density at radius 2 is 2.25 bits per heavy atom. The van der Waals surface area contributed by atoms with Crippen molar-refractivity contribution < 1.29 is 0 Å². The highest BCUT2D eigenvalue weighted by atomic mass is 16.1. The van der Waals surface area contributed by atoms with Gasteiger partial charge in [0, 0.05) is 17.8 Å². The van der Waals surface area contributed by atoms with Crippen LogP contribution < -0.4 is 5.56 Å².